The van der Waals surface area contributed by atoms with Crippen LogP contribution in [0.15, 0.2) is 75.7 Å². The van der Waals surface area contributed by atoms with E-state index in [1.165, 1.54) is 48.0 Å². The quantitative estimate of drug-likeness (QED) is 0.210. The second-order valence-corrected chi connectivity index (χ2v) is 15.0. The number of carbonyl (C=O) groups excluding carboxylic acids is 2. The smallest absolute Gasteiger partial charge is 0.338 e. The van der Waals surface area contributed by atoms with Crippen LogP contribution in [0.3, 0.4) is 0 Å². The molecule has 0 saturated carbocycles. The summed E-state index contributed by atoms with van der Waals surface area (Å²) in [5, 5.41) is 18.0. The lowest BCUT2D eigenvalue weighted by Crippen LogP contribution is -2.53. The lowest BCUT2D eigenvalue weighted by Gasteiger charge is -2.38. The molecular formula is C35H33ClFN7O5S2. The molecule has 2 aromatic heterocycles. The van der Waals surface area contributed by atoms with Gasteiger partial charge in [0, 0.05) is 65.0 Å². The van der Waals surface area contributed by atoms with Gasteiger partial charge in [0.25, 0.3) is 0 Å². The first kappa shape index (κ1) is 34.7. The molecule has 2 atom stereocenters. The Morgan fingerprint density at radius 3 is 2.61 bits per heavy atom. The number of carbonyl (C=O) groups is 3. The molecule has 2 fully saturated rings. The molecule has 0 spiro atoms. The summed E-state index contributed by atoms with van der Waals surface area (Å²) >= 11 is 9.27. The van der Waals surface area contributed by atoms with Gasteiger partial charge in [-0.25, -0.2) is 23.9 Å². The molecule has 0 radical (unpaired) electrons. The summed E-state index contributed by atoms with van der Waals surface area (Å²) < 4.78 is 19.3. The number of fused-ring (bicyclic) bond motifs is 1. The van der Waals surface area contributed by atoms with Gasteiger partial charge in [0.15, 0.2) is 16.0 Å². The number of nitrogens with one attached hydrogen (secondary N) is 1. The van der Waals surface area contributed by atoms with Crippen LogP contribution in [0.5, 0.6) is 0 Å². The van der Waals surface area contributed by atoms with Gasteiger partial charge in [-0.05, 0) is 31.5 Å². The Morgan fingerprint density at radius 1 is 1.14 bits per heavy atom. The van der Waals surface area contributed by atoms with Gasteiger partial charge in [-0.1, -0.05) is 41.9 Å². The first-order valence-corrected chi connectivity index (χ1v) is 18.2. The third kappa shape index (κ3) is 6.62. The minimum atomic E-state index is -1.02. The number of carboxylic acids is 1. The highest BCUT2D eigenvalue weighted by Crippen LogP contribution is 2.38. The van der Waals surface area contributed by atoms with Gasteiger partial charge in [0.1, 0.15) is 11.9 Å². The van der Waals surface area contributed by atoms with Crippen LogP contribution < -0.4 is 10.2 Å². The molecular weight excluding hydrogens is 717 g/mol. The maximum Gasteiger partial charge on any atom is 0.338 e. The van der Waals surface area contributed by atoms with E-state index in [-0.39, 0.29) is 22.7 Å². The zero-order chi connectivity index (χ0) is 36.0. The SMILES string of the molecule is COC(=O)C1=C(CN2CCN3C(=O)N(c4nc(-c5ccc(C(C)(C)C(=O)O)cc5)cs4)C[C@@H]3C2)NC(c2nccs2)=N[C@H]1c1ccc(F)cc1Cl. The molecule has 0 bridgehead atoms. The number of aromatic nitrogens is 2. The highest BCUT2D eigenvalue weighted by molar-refractivity contribution is 7.14. The molecule has 2 amide bonds. The maximum absolute atomic E-state index is 14.0. The molecule has 51 heavy (non-hydrogen) atoms. The van der Waals surface area contributed by atoms with E-state index < -0.39 is 29.2 Å². The lowest BCUT2D eigenvalue weighted by molar-refractivity contribution is -0.142. The number of esters is 1. The number of rotatable bonds is 9. The average Bonchev–Trinajstić information content (AvgIpc) is 3.89. The van der Waals surface area contributed by atoms with Gasteiger partial charge in [0.05, 0.1) is 36.4 Å². The molecule has 3 aliphatic rings. The number of hydrogen-bond acceptors (Lipinski definition) is 11. The van der Waals surface area contributed by atoms with E-state index in [1.807, 2.05) is 27.8 Å². The first-order chi connectivity index (χ1) is 24.4. The van der Waals surface area contributed by atoms with Gasteiger partial charge in [0.2, 0.25) is 0 Å². The number of piperazine rings is 1. The monoisotopic (exact) mass is 749 g/mol. The third-order valence-electron chi connectivity index (χ3n) is 9.40. The number of ether oxygens (including phenoxy) is 1. The van der Waals surface area contributed by atoms with Crippen molar-refractivity contribution in [2.45, 2.75) is 31.3 Å². The number of thiazole rings is 2. The van der Waals surface area contributed by atoms with Crippen molar-refractivity contribution in [1.82, 2.24) is 25.1 Å². The van der Waals surface area contributed by atoms with Crippen LogP contribution in [0.2, 0.25) is 5.02 Å². The number of amides is 2. The highest BCUT2D eigenvalue weighted by Gasteiger charge is 2.43. The van der Waals surface area contributed by atoms with E-state index in [0.29, 0.717) is 71.2 Å². The van der Waals surface area contributed by atoms with Crippen LogP contribution >= 0.6 is 34.3 Å². The van der Waals surface area contributed by atoms with Crippen molar-refractivity contribution >= 4 is 63.2 Å². The molecule has 0 unspecified atom stereocenters. The number of benzene rings is 2. The fourth-order valence-corrected chi connectivity index (χ4v) is 8.16. The second kappa shape index (κ2) is 13.8. The van der Waals surface area contributed by atoms with E-state index in [1.54, 1.807) is 37.1 Å². The normalized spacial score (nSPS) is 19.5. The van der Waals surface area contributed by atoms with Crippen LogP contribution in [-0.4, -0.2) is 94.6 Å². The predicted octanol–water partition coefficient (Wildman–Crippen LogP) is 5.57. The summed E-state index contributed by atoms with van der Waals surface area (Å²) in [6, 6.07) is 10.2. The summed E-state index contributed by atoms with van der Waals surface area (Å²) in [4.78, 5) is 58.4. The van der Waals surface area contributed by atoms with E-state index in [9.17, 15) is 23.9 Å². The molecule has 2 aromatic carbocycles. The number of urea groups is 1. The first-order valence-electron chi connectivity index (χ1n) is 16.1. The van der Waals surface area contributed by atoms with E-state index >= 15 is 0 Å². The molecule has 2 N–H and O–H groups in total. The molecule has 4 aromatic rings. The van der Waals surface area contributed by atoms with Crippen molar-refractivity contribution in [3.8, 4) is 11.3 Å². The Bertz CT molecular complexity index is 2070. The molecule has 5 heterocycles. The summed E-state index contributed by atoms with van der Waals surface area (Å²) in [6.07, 6.45) is 1.66. The van der Waals surface area contributed by atoms with Crippen molar-refractivity contribution in [2.24, 2.45) is 4.99 Å². The number of amidine groups is 1. The van der Waals surface area contributed by atoms with E-state index in [0.717, 1.165) is 5.56 Å². The Kier molecular flexibility index (Phi) is 9.39. The number of carboxylic acid groups (broad SMARTS) is 1. The molecule has 3 aliphatic heterocycles. The number of aliphatic carboxylic acids is 1. The molecule has 16 heteroatoms. The third-order valence-corrected chi connectivity index (χ3v) is 11.4. The van der Waals surface area contributed by atoms with Crippen LogP contribution in [0, 0.1) is 5.82 Å². The standard InChI is InChI=1S/C35H33ClFN7O5S2/c1-35(2,32(46)47)20-6-4-19(5-7-20)26-18-51-33(40-26)44-16-22-15-42(11-12-43(22)34(44)48)17-25-27(31(45)49-3)28(23-9-8-21(37)14-24(23)36)41-29(39-25)30-38-10-13-50-30/h4-10,13-14,18,22,28H,11-12,15-17H2,1-3H3,(H,39,41)(H,46,47)/t22-,28-/m0/s1. The fraction of sp³-hybridized carbons (Fsp3) is 0.314. The largest absolute Gasteiger partial charge is 0.481 e. The topological polar surface area (TPSA) is 141 Å². The number of aliphatic imine (C=N–C) groups is 1. The van der Waals surface area contributed by atoms with Gasteiger partial charge in [-0.15, -0.1) is 22.7 Å². The summed E-state index contributed by atoms with van der Waals surface area (Å²) in [7, 11) is 1.30. The molecule has 0 aliphatic carbocycles. The minimum absolute atomic E-state index is 0.117. The zero-order valence-corrected chi connectivity index (χ0v) is 30.2. The zero-order valence-electron chi connectivity index (χ0n) is 27.8. The number of methoxy groups -OCH3 is 1. The Labute approximate surface area is 305 Å². The summed E-state index contributed by atoms with van der Waals surface area (Å²) in [5.41, 5.74) is 2.46. The van der Waals surface area contributed by atoms with E-state index in [2.05, 4.69) is 15.2 Å². The fourth-order valence-electron chi connectivity index (χ4n) is 6.47. The summed E-state index contributed by atoms with van der Waals surface area (Å²) in [6.45, 7) is 5.63. The average molecular weight is 750 g/mol. The maximum atomic E-state index is 14.0. The highest BCUT2D eigenvalue weighted by atomic mass is 35.5. The molecule has 2 saturated heterocycles. The lowest BCUT2D eigenvalue weighted by atomic mass is 9.84. The van der Waals surface area contributed by atoms with Gasteiger partial charge in [-0.2, -0.15) is 0 Å². The van der Waals surface area contributed by atoms with Crippen molar-refractivity contribution in [3.63, 3.8) is 0 Å². The van der Waals surface area contributed by atoms with Crippen LogP contribution in [0.4, 0.5) is 14.3 Å². The Morgan fingerprint density at radius 2 is 1.92 bits per heavy atom. The van der Waals surface area contributed by atoms with Crippen molar-refractivity contribution in [2.75, 3.05) is 44.7 Å². The molecule has 264 valence electrons. The van der Waals surface area contributed by atoms with E-state index in [4.69, 9.17) is 26.3 Å². The number of hydrogen-bond donors (Lipinski definition) is 2. The minimum Gasteiger partial charge on any atom is -0.481 e. The summed E-state index contributed by atoms with van der Waals surface area (Å²) in [5.74, 6) is -1.55. The Hall–Kier alpha value is -4.70. The molecule has 7 rings (SSSR count). The second-order valence-electron chi connectivity index (χ2n) is 12.9. The van der Waals surface area contributed by atoms with Gasteiger partial charge < -0.3 is 20.1 Å². The van der Waals surface area contributed by atoms with Gasteiger partial charge in [-0.3, -0.25) is 19.6 Å². The number of halogens is 2. The van der Waals surface area contributed by atoms with Crippen molar-refractivity contribution in [3.05, 3.63) is 97.7 Å². The van der Waals surface area contributed by atoms with Crippen molar-refractivity contribution < 1.29 is 28.6 Å². The predicted molar refractivity (Wildman–Crippen MR) is 193 cm³/mol. The number of anilines is 1. The van der Waals surface area contributed by atoms with Crippen LogP contribution in [0.1, 0.15) is 36.0 Å². The Balaban J connectivity index is 1.11. The van der Waals surface area contributed by atoms with Crippen LogP contribution in [0.25, 0.3) is 11.3 Å². The number of nitrogens with zero attached hydrogens (tertiary/aromatic N) is 6. The van der Waals surface area contributed by atoms with Crippen LogP contribution in [-0.2, 0) is 19.7 Å². The molecule has 12 nitrogen and oxygen atoms in total. The van der Waals surface area contributed by atoms with Crippen molar-refractivity contribution in [1.29, 1.82) is 0 Å². The van der Waals surface area contributed by atoms with Gasteiger partial charge >= 0.3 is 18.0 Å².